The number of hydrogen-bond acceptors (Lipinski definition) is 0. The molecule has 0 bridgehead atoms. The van der Waals surface area contributed by atoms with E-state index in [1.165, 1.54) is 18.4 Å². The van der Waals surface area contributed by atoms with Crippen molar-refractivity contribution in [1.82, 2.24) is 0 Å². The highest BCUT2D eigenvalue weighted by atomic mass is 14.0. The van der Waals surface area contributed by atoms with Gasteiger partial charge in [0.25, 0.3) is 0 Å². The van der Waals surface area contributed by atoms with Crippen molar-refractivity contribution in [2.45, 2.75) is 40.5 Å². The fraction of sp³-hybridized carbons (Fsp3) is 0.583. The summed E-state index contributed by atoms with van der Waals surface area (Å²) in [6.07, 6.45) is 11.5. The third-order valence-corrected chi connectivity index (χ3v) is 1.72. The van der Waals surface area contributed by atoms with Crippen molar-refractivity contribution < 1.29 is 0 Å². The average Bonchev–Trinajstić information content (AvgIpc) is 2.02. The minimum absolute atomic E-state index is 0.529. The molecule has 0 fully saturated rings. The number of hydrogen-bond donors (Lipinski definition) is 0. The highest BCUT2D eigenvalue weighted by molar-refractivity contribution is 5.09. The molecule has 0 aliphatic heterocycles. The maximum atomic E-state index is 2.28. The van der Waals surface area contributed by atoms with E-state index in [0.717, 1.165) is 0 Å². The summed E-state index contributed by atoms with van der Waals surface area (Å²) in [6, 6.07) is 0. The first-order valence-electron chi connectivity index (χ1n) is 4.81. The van der Waals surface area contributed by atoms with Crippen LogP contribution in [0.5, 0.6) is 0 Å². The van der Waals surface area contributed by atoms with Crippen LogP contribution in [0.1, 0.15) is 40.5 Å². The van der Waals surface area contributed by atoms with Crippen LogP contribution >= 0.6 is 0 Å². The van der Waals surface area contributed by atoms with Crippen LogP contribution in [0.4, 0.5) is 0 Å². The Morgan fingerprint density at radius 3 is 2.42 bits per heavy atom. The summed E-state index contributed by atoms with van der Waals surface area (Å²) in [5.74, 6) is 0.529. The Bertz CT molecular complexity index is 147. The van der Waals surface area contributed by atoms with Gasteiger partial charge in [-0.05, 0) is 32.6 Å². The Morgan fingerprint density at radius 1 is 1.33 bits per heavy atom. The molecule has 0 aliphatic rings. The van der Waals surface area contributed by atoms with Gasteiger partial charge in [0.05, 0.1) is 0 Å². The van der Waals surface area contributed by atoms with Crippen molar-refractivity contribution in [2.24, 2.45) is 5.92 Å². The SMILES string of the molecule is C[CH]C(C=CCCC)C=C(C)C. The van der Waals surface area contributed by atoms with Crippen LogP contribution in [0.2, 0.25) is 0 Å². The molecule has 0 nitrogen and oxygen atoms in total. The van der Waals surface area contributed by atoms with Crippen LogP contribution in [-0.2, 0) is 0 Å². The molecule has 0 N–H and O–H groups in total. The van der Waals surface area contributed by atoms with Crippen LogP contribution in [0.3, 0.4) is 0 Å². The molecule has 69 valence electrons. The summed E-state index contributed by atoms with van der Waals surface area (Å²) >= 11 is 0. The van der Waals surface area contributed by atoms with E-state index in [2.05, 4.69) is 52.3 Å². The molecule has 0 aromatic rings. The molecular weight excluding hydrogens is 144 g/mol. The lowest BCUT2D eigenvalue weighted by molar-refractivity contribution is 0.907. The lowest BCUT2D eigenvalue weighted by Gasteiger charge is -2.03. The van der Waals surface area contributed by atoms with Crippen molar-refractivity contribution in [2.75, 3.05) is 0 Å². The highest BCUT2D eigenvalue weighted by Crippen LogP contribution is 2.09. The van der Waals surface area contributed by atoms with Crippen LogP contribution < -0.4 is 0 Å². The second kappa shape index (κ2) is 7.15. The maximum absolute atomic E-state index is 2.28. The molecule has 12 heavy (non-hydrogen) atoms. The van der Waals surface area contributed by atoms with Gasteiger partial charge in [-0.1, -0.05) is 44.1 Å². The third kappa shape index (κ3) is 6.21. The van der Waals surface area contributed by atoms with Gasteiger partial charge in [-0.25, -0.2) is 0 Å². The van der Waals surface area contributed by atoms with Crippen molar-refractivity contribution in [1.29, 1.82) is 0 Å². The Labute approximate surface area is 77.4 Å². The zero-order valence-corrected chi connectivity index (χ0v) is 8.80. The van der Waals surface area contributed by atoms with E-state index in [4.69, 9.17) is 0 Å². The van der Waals surface area contributed by atoms with E-state index in [9.17, 15) is 0 Å². The average molecular weight is 165 g/mol. The molecule has 0 aromatic carbocycles. The van der Waals surface area contributed by atoms with Crippen LogP contribution in [0.15, 0.2) is 23.8 Å². The normalized spacial score (nSPS) is 13.3. The Hall–Kier alpha value is -0.520. The van der Waals surface area contributed by atoms with E-state index < -0.39 is 0 Å². The second-order valence-corrected chi connectivity index (χ2v) is 3.37. The van der Waals surface area contributed by atoms with Gasteiger partial charge in [0.2, 0.25) is 0 Å². The Balaban J connectivity index is 3.91. The summed E-state index contributed by atoms with van der Waals surface area (Å²) in [5, 5.41) is 0. The minimum Gasteiger partial charge on any atom is -0.0879 e. The predicted molar refractivity (Wildman–Crippen MR) is 56.9 cm³/mol. The van der Waals surface area contributed by atoms with Crippen LogP contribution in [0.25, 0.3) is 0 Å². The lowest BCUT2D eigenvalue weighted by atomic mass is 10.0. The minimum atomic E-state index is 0.529. The predicted octanol–water partition coefficient (Wildman–Crippen LogP) is 4.15. The van der Waals surface area contributed by atoms with Gasteiger partial charge in [-0.15, -0.1) is 0 Å². The molecule has 1 atom stereocenters. The summed E-state index contributed by atoms with van der Waals surface area (Å²) < 4.78 is 0. The van der Waals surface area contributed by atoms with Gasteiger partial charge in [-0.2, -0.15) is 0 Å². The monoisotopic (exact) mass is 165 g/mol. The number of allylic oxidation sites excluding steroid dienone is 4. The van der Waals surface area contributed by atoms with Crippen molar-refractivity contribution in [3.8, 4) is 0 Å². The first-order valence-corrected chi connectivity index (χ1v) is 4.81. The van der Waals surface area contributed by atoms with E-state index >= 15 is 0 Å². The van der Waals surface area contributed by atoms with Gasteiger partial charge >= 0.3 is 0 Å². The smallest absolute Gasteiger partial charge is 0.00225 e. The summed E-state index contributed by atoms with van der Waals surface area (Å²) in [5.41, 5.74) is 1.39. The first kappa shape index (κ1) is 11.5. The summed E-state index contributed by atoms with van der Waals surface area (Å²) in [6.45, 7) is 8.60. The number of rotatable bonds is 5. The summed E-state index contributed by atoms with van der Waals surface area (Å²) in [7, 11) is 0. The molecule has 0 saturated carbocycles. The molecule has 0 spiro atoms. The fourth-order valence-electron chi connectivity index (χ4n) is 1.07. The van der Waals surface area contributed by atoms with Gasteiger partial charge in [0.1, 0.15) is 0 Å². The van der Waals surface area contributed by atoms with E-state index in [1.807, 2.05) is 0 Å². The van der Waals surface area contributed by atoms with Gasteiger partial charge < -0.3 is 0 Å². The third-order valence-electron chi connectivity index (χ3n) is 1.72. The second-order valence-electron chi connectivity index (χ2n) is 3.37. The first-order chi connectivity index (χ1) is 5.70. The zero-order valence-electron chi connectivity index (χ0n) is 8.80. The largest absolute Gasteiger partial charge is 0.0879 e. The molecule has 0 saturated heterocycles. The molecule has 0 amide bonds. The van der Waals surface area contributed by atoms with E-state index in [0.29, 0.717) is 5.92 Å². The molecule has 0 aromatic heterocycles. The van der Waals surface area contributed by atoms with Crippen LogP contribution in [0, 0.1) is 12.3 Å². The van der Waals surface area contributed by atoms with Gasteiger partial charge in [0.15, 0.2) is 0 Å². The fourth-order valence-corrected chi connectivity index (χ4v) is 1.07. The Morgan fingerprint density at radius 2 is 2.00 bits per heavy atom. The zero-order chi connectivity index (χ0) is 9.40. The molecule has 0 aliphatic carbocycles. The molecule has 1 radical (unpaired) electrons. The summed E-state index contributed by atoms with van der Waals surface area (Å²) in [4.78, 5) is 0. The van der Waals surface area contributed by atoms with Gasteiger partial charge in [0, 0.05) is 0 Å². The topological polar surface area (TPSA) is 0 Å². The highest BCUT2D eigenvalue weighted by Gasteiger charge is 1.95. The lowest BCUT2D eigenvalue weighted by Crippen LogP contribution is -1.90. The standard InChI is InChI=1S/C12H21/c1-5-7-8-9-12(6-2)10-11(3)4/h6,8-10,12H,5,7H2,1-4H3. The number of unbranched alkanes of at least 4 members (excludes halogenated alkanes) is 1. The molecule has 0 heterocycles. The van der Waals surface area contributed by atoms with Crippen LogP contribution in [-0.4, -0.2) is 0 Å². The molecule has 0 heteroatoms. The quantitative estimate of drug-likeness (QED) is 0.537. The van der Waals surface area contributed by atoms with Gasteiger partial charge in [-0.3, -0.25) is 0 Å². The van der Waals surface area contributed by atoms with Crippen molar-refractivity contribution in [3.63, 3.8) is 0 Å². The van der Waals surface area contributed by atoms with Crippen molar-refractivity contribution >= 4 is 0 Å². The van der Waals surface area contributed by atoms with E-state index in [-0.39, 0.29) is 0 Å². The Kier molecular flexibility index (Phi) is 6.84. The molecule has 0 rings (SSSR count). The molecular formula is C12H21. The molecule has 1 unspecified atom stereocenters. The maximum Gasteiger partial charge on any atom is -0.00225 e. The van der Waals surface area contributed by atoms with E-state index in [1.54, 1.807) is 0 Å². The van der Waals surface area contributed by atoms with Crippen molar-refractivity contribution in [3.05, 3.63) is 30.2 Å².